The number of pyridine rings is 1. The molecule has 8 heteroatoms. The highest BCUT2D eigenvalue weighted by Crippen LogP contribution is 2.27. The highest BCUT2D eigenvalue weighted by molar-refractivity contribution is 6.44. The number of hydrogen-bond acceptors (Lipinski definition) is 4. The molecule has 0 aromatic carbocycles. The summed E-state index contributed by atoms with van der Waals surface area (Å²) in [5.74, 6) is -1.30. The normalized spacial score (nSPS) is 22.8. The molecule has 0 unspecified atom stereocenters. The van der Waals surface area contributed by atoms with Gasteiger partial charge in [-0.3, -0.25) is 14.5 Å². The Hall–Kier alpha value is -2.48. The van der Waals surface area contributed by atoms with Gasteiger partial charge < -0.3 is 9.80 Å². The molecule has 0 radical (unpaired) electrons. The van der Waals surface area contributed by atoms with Crippen molar-refractivity contribution in [1.29, 1.82) is 0 Å². The van der Waals surface area contributed by atoms with Gasteiger partial charge in [-0.25, -0.2) is 14.7 Å². The van der Waals surface area contributed by atoms with Gasteiger partial charge in [-0.15, -0.1) is 0 Å². The summed E-state index contributed by atoms with van der Waals surface area (Å²) in [5.41, 5.74) is 1.17. The summed E-state index contributed by atoms with van der Waals surface area (Å²) < 4.78 is 0. The number of piperazine rings is 1. The molecule has 4 rings (SSSR count). The van der Waals surface area contributed by atoms with Gasteiger partial charge >= 0.3 is 17.8 Å². The third kappa shape index (κ3) is 3.05. The van der Waals surface area contributed by atoms with E-state index in [4.69, 9.17) is 0 Å². The summed E-state index contributed by atoms with van der Waals surface area (Å²) in [6.45, 7) is 3.65. The Morgan fingerprint density at radius 3 is 2.31 bits per heavy atom. The number of anilines is 1. The fraction of sp³-hybridized carbons (Fsp3) is 0.556. The number of imide groups is 2. The SMILES string of the molecule is O=C1C(=O)N(C2CCCC2)C(=O)N1C[NH+]1CCN(c2cc[nH+]cc2)CC1. The summed E-state index contributed by atoms with van der Waals surface area (Å²) in [6.07, 6.45) is 7.47. The largest absolute Gasteiger partial charge is 0.360 e. The quantitative estimate of drug-likeness (QED) is 0.547. The van der Waals surface area contributed by atoms with E-state index >= 15 is 0 Å². The Morgan fingerprint density at radius 1 is 1.00 bits per heavy atom. The van der Waals surface area contributed by atoms with Gasteiger partial charge in [0, 0.05) is 23.9 Å². The van der Waals surface area contributed by atoms with E-state index < -0.39 is 17.8 Å². The van der Waals surface area contributed by atoms with Crippen LogP contribution in [-0.2, 0) is 9.59 Å². The zero-order chi connectivity index (χ0) is 18.1. The van der Waals surface area contributed by atoms with Crippen LogP contribution in [0.15, 0.2) is 24.5 Å². The summed E-state index contributed by atoms with van der Waals surface area (Å²) in [6, 6.07) is 3.57. The van der Waals surface area contributed by atoms with Crippen LogP contribution in [0.4, 0.5) is 10.5 Å². The molecule has 26 heavy (non-hydrogen) atoms. The van der Waals surface area contributed by atoms with Crippen LogP contribution < -0.4 is 14.8 Å². The maximum Gasteiger partial charge on any atom is 0.338 e. The molecule has 3 heterocycles. The second-order valence-electron chi connectivity index (χ2n) is 7.28. The van der Waals surface area contributed by atoms with Crippen LogP contribution >= 0.6 is 0 Å². The first kappa shape index (κ1) is 17.0. The standard InChI is InChI=1S/C18H23N5O3/c24-16-17(25)23(15-3-1-2-4-15)18(26)22(16)13-20-9-11-21(12-10-20)14-5-7-19-8-6-14/h5-8,15H,1-4,9-13H2/p+2. The predicted octanol–water partition coefficient (Wildman–Crippen LogP) is -1.10. The summed E-state index contributed by atoms with van der Waals surface area (Å²) in [7, 11) is 0. The van der Waals surface area contributed by atoms with Gasteiger partial charge in [-0.2, -0.15) is 0 Å². The molecular formula is C18H25N5O3+2. The van der Waals surface area contributed by atoms with E-state index in [0.717, 1.165) is 61.7 Å². The highest BCUT2D eigenvalue weighted by atomic mass is 16.2. The summed E-state index contributed by atoms with van der Waals surface area (Å²) in [4.78, 5) is 46.1. The number of hydrogen-bond donors (Lipinski definition) is 1. The minimum Gasteiger partial charge on any atom is -0.360 e. The zero-order valence-corrected chi connectivity index (χ0v) is 14.8. The Bertz CT molecular complexity index is 696. The van der Waals surface area contributed by atoms with Crippen LogP contribution in [0.1, 0.15) is 25.7 Å². The Balaban J connectivity index is 1.36. The van der Waals surface area contributed by atoms with Crippen molar-refractivity contribution in [3.8, 4) is 0 Å². The minimum absolute atomic E-state index is 0.0920. The number of rotatable bonds is 4. The van der Waals surface area contributed by atoms with Gasteiger partial charge in [-0.05, 0) is 12.8 Å². The van der Waals surface area contributed by atoms with Crippen molar-refractivity contribution in [3.05, 3.63) is 24.5 Å². The second-order valence-corrected chi connectivity index (χ2v) is 7.28. The number of amides is 4. The number of nitrogens with one attached hydrogen (secondary N) is 2. The molecule has 2 aliphatic heterocycles. The lowest BCUT2D eigenvalue weighted by molar-refractivity contribution is -0.907. The van der Waals surface area contributed by atoms with Crippen LogP contribution in [0.3, 0.4) is 0 Å². The molecule has 0 bridgehead atoms. The maximum atomic E-state index is 12.7. The van der Waals surface area contributed by atoms with Crippen LogP contribution in [-0.4, -0.2) is 66.5 Å². The molecule has 1 saturated carbocycles. The lowest BCUT2D eigenvalue weighted by atomic mass is 10.2. The zero-order valence-electron chi connectivity index (χ0n) is 14.8. The first-order chi connectivity index (χ1) is 12.6. The van der Waals surface area contributed by atoms with Gasteiger partial charge in [0.05, 0.1) is 26.2 Å². The van der Waals surface area contributed by atoms with E-state index in [1.54, 1.807) is 0 Å². The number of aromatic amines is 1. The van der Waals surface area contributed by atoms with Crippen molar-refractivity contribution >= 4 is 23.5 Å². The number of nitrogens with zero attached hydrogens (tertiary/aromatic N) is 3. The molecular weight excluding hydrogens is 334 g/mol. The first-order valence-electron chi connectivity index (χ1n) is 9.39. The monoisotopic (exact) mass is 359 g/mol. The van der Waals surface area contributed by atoms with Gasteiger partial charge in [0.15, 0.2) is 19.1 Å². The Kier molecular flexibility index (Phi) is 4.58. The molecule has 1 aromatic heterocycles. The number of aromatic nitrogens is 1. The Morgan fingerprint density at radius 2 is 1.65 bits per heavy atom. The number of carbonyl (C=O) groups excluding carboxylic acids is 3. The van der Waals surface area contributed by atoms with Crippen LogP contribution in [0.2, 0.25) is 0 Å². The molecule has 8 nitrogen and oxygen atoms in total. The van der Waals surface area contributed by atoms with Gasteiger partial charge in [0.2, 0.25) is 0 Å². The summed E-state index contributed by atoms with van der Waals surface area (Å²) in [5, 5.41) is 0. The van der Waals surface area contributed by atoms with E-state index in [9.17, 15) is 14.4 Å². The molecule has 2 saturated heterocycles. The number of quaternary nitrogens is 1. The van der Waals surface area contributed by atoms with Crippen molar-refractivity contribution in [1.82, 2.24) is 9.80 Å². The third-order valence-corrected chi connectivity index (χ3v) is 5.69. The fourth-order valence-electron chi connectivity index (χ4n) is 4.20. The van der Waals surface area contributed by atoms with Gasteiger partial charge in [-0.1, -0.05) is 12.8 Å². The van der Waals surface area contributed by atoms with Crippen molar-refractivity contribution in [3.63, 3.8) is 0 Å². The average molecular weight is 359 g/mol. The van der Waals surface area contributed by atoms with Gasteiger partial charge in [0.25, 0.3) is 0 Å². The third-order valence-electron chi connectivity index (χ3n) is 5.69. The topological polar surface area (TPSA) is 79.5 Å². The molecule has 1 aromatic rings. The molecule has 3 fully saturated rings. The average Bonchev–Trinajstić information content (AvgIpc) is 3.27. The Labute approximate surface area is 152 Å². The highest BCUT2D eigenvalue weighted by Gasteiger charge is 2.49. The molecule has 0 spiro atoms. The van der Waals surface area contributed by atoms with E-state index in [0.29, 0.717) is 0 Å². The lowest BCUT2D eigenvalue weighted by Crippen LogP contribution is -3.16. The first-order valence-corrected chi connectivity index (χ1v) is 9.39. The number of carbonyl (C=O) groups is 3. The predicted molar refractivity (Wildman–Crippen MR) is 92.1 cm³/mol. The molecule has 2 N–H and O–H groups in total. The van der Waals surface area contributed by atoms with Crippen molar-refractivity contribution in [2.45, 2.75) is 31.7 Å². The number of H-pyrrole nitrogens is 1. The summed E-state index contributed by atoms with van der Waals surface area (Å²) >= 11 is 0. The minimum atomic E-state index is -0.657. The van der Waals surface area contributed by atoms with E-state index in [1.807, 2.05) is 24.5 Å². The number of urea groups is 1. The van der Waals surface area contributed by atoms with E-state index in [1.165, 1.54) is 10.6 Å². The van der Waals surface area contributed by atoms with E-state index in [2.05, 4.69) is 9.88 Å². The smallest absolute Gasteiger partial charge is 0.338 e. The van der Waals surface area contributed by atoms with Crippen molar-refractivity contribution in [2.24, 2.45) is 0 Å². The lowest BCUT2D eigenvalue weighted by Gasteiger charge is -2.34. The van der Waals surface area contributed by atoms with E-state index in [-0.39, 0.29) is 12.7 Å². The molecule has 0 atom stereocenters. The maximum absolute atomic E-state index is 12.7. The molecule has 4 amide bonds. The van der Waals surface area contributed by atoms with Crippen LogP contribution in [0.25, 0.3) is 0 Å². The fourth-order valence-corrected chi connectivity index (χ4v) is 4.20. The second kappa shape index (κ2) is 7.03. The van der Waals surface area contributed by atoms with Crippen molar-refractivity contribution in [2.75, 3.05) is 37.7 Å². The van der Waals surface area contributed by atoms with Crippen LogP contribution in [0.5, 0.6) is 0 Å². The molecule has 1 aliphatic carbocycles. The van der Waals surface area contributed by atoms with Crippen molar-refractivity contribution < 1.29 is 24.3 Å². The molecule has 138 valence electrons. The molecule has 3 aliphatic rings. The van der Waals surface area contributed by atoms with Crippen LogP contribution in [0, 0.1) is 0 Å². The van der Waals surface area contributed by atoms with Gasteiger partial charge in [0.1, 0.15) is 0 Å².